The van der Waals surface area contributed by atoms with Crippen molar-refractivity contribution >= 4 is 0 Å². The number of nitrogens with zero attached hydrogens (tertiary/aromatic N) is 1. The van der Waals surface area contributed by atoms with Gasteiger partial charge < -0.3 is 4.57 Å². The van der Waals surface area contributed by atoms with Crippen LogP contribution in [0.5, 0.6) is 0 Å². The van der Waals surface area contributed by atoms with Crippen LogP contribution in [-0.4, -0.2) is 4.57 Å². The standard InChI is InChI=1S/C17H15N/c1-14-12-18(16-10-6-3-7-11-16)13-17(14)15-8-4-2-5-9-15/h2-13H,1H3. The van der Waals surface area contributed by atoms with Crippen LogP contribution in [0.15, 0.2) is 73.1 Å². The van der Waals surface area contributed by atoms with Gasteiger partial charge in [-0.05, 0) is 30.2 Å². The third-order valence-corrected chi connectivity index (χ3v) is 3.16. The fourth-order valence-electron chi connectivity index (χ4n) is 2.23. The van der Waals surface area contributed by atoms with Crippen molar-refractivity contribution in [1.82, 2.24) is 4.57 Å². The smallest absolute Gasteiger partial charge is 0.0449 e. The van der Waals surface area contributed by atoms with E-state index in [-0.39, 0.29) is 0 Å². The zero-order valence-electron chi connectivity index (χ0n) is 10.4. The largest absolute Gasteiger partial charge is 0.323 e. The Bertz CT molecular complexity index is 636. The maximum absolute atomic E-state index is 2.19. The summed E-state index contributed by atoms with van der Waals surface area (Å²) in [5, 5.41) is 0. The maximum Gasteiger partial charge on any atom is 0.0449 e. The predicted molar refractivity (Wildman–Crippen MR) is 75.9 cm³/mol. The summed E-state index contributed by atoms with van der Waals surface area (Å²) in [6, 6.07) is 20.9. The second-order valence-corrected chi connectivity index (χ2v) is 4.46. The number of aromatic nitrogens is 1. The average molecular weight is 233 g/mol. The van der Waals surface area contributed by atoms with Crippen LogP contribution < -0.4 is 0 Å². The lowest BCUT2D eigenvalue weighted by Gasteiger charge is -2.01. The van der Waals surface area contributed by atoms with Crippen molar-refractivity contribution in [2.45, 2.75) is 6.92 Å². The SMILES string of the molecule is Cc1cn(-c2ccccc2)cc1-c1ccccc1. The maximum atomic E-state index is 2.19. The second-order valence-electron chi connectivity index (χ2n) is 4.46. The minimum Gasteiger partial charge on any atom is -0.323 e. The van der Waals surface area contributed by atoms with Crippen molar-refractivity contribution in [3.63, 3.8) is 0 Å². The van der Waals surface area contributed by atoms with Gasteiger partial charge >= 0.3 is 0 Å². The molecule has 1 nitrogen and oxygen atoms in total. The molecule has 0 atom stereocenters. The Kier molecular flexibility index (Phi) is 2.73. The van der Waals surface area contributed by atoms with Gasteiger partial charge in [0.05, 0.1) is 0 Å². The Balaban J connectivity index is 2.07. The van der Waals surface area contributed by atoms with Crippen LogP contribution in [0.1, 0.15) is 5.56 Å². The summed E-state index contributed by atoms with van der Waals surface area (Å²) < 4.78 is 2.18. The van der Waals surface area contributed by atoms with Crippen LogP contribution >= 0.6 is 0 Å². The number of benzene rings is 2. The molecule has 2 aromatic carbocycles. The third-order valence-electron chi connectivity index (χ3n) is 3.16. The van der Waals surface area contributed by atoms with Gasteiger partial charge in [-0.25, -0.2) is 0 Å². The van der Waals surface area contributed by atoms with Crippen molar-refractivity contribution in [2.75, 3.05) is 0 Å². The molecule has 3 rings (SSSR count). The third kappa shape index (κ3) is 1.95. The van der Waals surface area contributed by atoms with Crippen molar-refractivity contribution in [2.24, 2.45) is 0 Å². The molecule has 1 heterocycles. The zero-order chi connectivity index (χ0) is 12.4. The number of hydrogen-bond donors (Lipinski definition) is 0. The molecule has 0 N–H and O–H groups in total. The van der Waals surface area contributed by atoms with Gasteiger partial charge in [0, 0.05) is 23.6 Å². The molecule has 1 aromatic heterocycles. The van der Waals surface area contributed by atoms with Gasteiger partial charge in [0.2, 0.25) is 0 Å². The van der Waals surface area contributed by atoms with E-state index in [1.807, 2.05) is 12.1 Å². The van der Waals surface area contributed by atoms with Gasteiger partial charge in [-0.15, -0.1) is 0 Å². The topological polar surface area (TPSA) is 4.93 Å². The lowest BCUT2D eigenvalue weighted by atomic mass is 10.1. The summed E-state index contributed by atoms with van der Waals surface area (Å²) >= 11 is 0. The predicted octanol–water partition coefficient (Wildman–Crippen LogP) is 4.45. The molecular weight excluding hydrogens is 218 g/mol. The highest BCUT2D eigenvalue weighted by atomic mass is 14.9. The quantitative estimate of drug-likeness (QED) is 0.616. The van der Waals surface area contributed by atoms with Gasteiger partial charge in [-0.1, -0.05) is 48.5 Å². The molecule has 0 aliphatic heterocycles. The van der Waals surface area contributed by atoms with Crippen LogP contribution in [0, 0.1) is 6.92 Å². The van der Waals surface area contributed by atoms with Crippen LogP contribution in [0.3, 0.4) is 0 Å². The first kappa shape index (κ1) is 10.8. The Hall–Kier alpha value is -2.28. The second kappa shape index (κ2) is 4.53. The highest BCUT2D eigenvalue weighted by Crippen LogP contribution is 2.25. The minimum atomic E-state index is 1.20. The Labute approximate surface area is 107 Å². The number of aryl methyl sites for hydroxylation is 1. The first-order valence-electron chi connectivity index (χ1n) is 6.14. The van der Waals surface area contributed by atoms with Gasteiger partial charge in [0.25, 0.3) is 0 Å². The summed E-state index contributed by atoms with van der Waals surface area (Å²) in [4.78, 5) is 0. The normalized spacial score (nSPS) is 10.5. The first-order chi connectivity index (χ1) is 8.84. The van der Waals surface area contributed by atoms with Gasteiger partial charge in [0.15, 0.2) is 0 Å². The molecule has 0 saturated carbocycles. The zero-order valence-corrected chi connectivity index (χ0v) is 10.4. The fraction of sp³-hybridized carbons (Fsp3) is 0.0588. The highest BCUT2D eigenvalue weighted by Gasteiger charge is 2.05. The van der Waals surface area contributed by atoms with E-state index in [4.69, 9.17) is 0 Å². The monoisotopic (exact) mass is 233 g/mol. The molecular formula is C17H15N. The van der Waals surface area contributed by atoms with Crippen LogP contribution in [0.25, 0.3) is 16.8 Å². The lowest BCUT2D eigenvalue weighted by Crippen LogP contribution is -1.87. The van der Waals surface area contributed by atoms with E-state index in [0.29, 0.717) is 0 Å². The minimum absolute atomic E-state index is 1.20. The molecule has 3 aromatic rings. The van der Waals surface area contributed by atoms with E-state index in [1.54, 1.807) is 0 Å². The molecule has 0 aliphatic carbocycles. The van der Waals surface area contributed by atoms with E-state index < -0.39 is 0 Å². The summed E-state index contributed by atoms with van der Waals surface area (Å²) in [6.07, 6.45) is 4.37. The molecule has 0 aliphatic rings. The number of rotatable bonds is 2. The Morgan fingerprint density at radius 2 is 1.33 bits per heavy atom. The molecule has 88 valence electrons. The molecule has 0 bridgehead atoms. The molecule has 0 spiro atoms. The molecule has 0 radical (unpaired) electrons. The van der Waals surface area contributed by atoms with E-state index >= 15 is 0 Å². The van der Waals surface area contributed by atoms with Crippen LogP contribution in [0.2, 0.25) is 0 Å². The number of para-hydroxylation sites is 1. The van der Waals surface area contributed by atoms with Gasteiger partial charge in [0.1, 0.15) is 0 Å². The molecule has 0 amide bonds. The highest BCUT2D eigenvalue weighted by molar-refractivity contribution is 5.67. The summed E-state index contributed by atoms with van der Waals surface area (Å²) in [5.41, 5.74) is 5.05. The van der Waals surface area contributed by atoms with Crippen molar-refractivity contribution in [3.05, 3.63) is 78.6 Å². The fourth-order valence-corrected chi connectivity index (χ4v) is 2.23. The molecule has 1 heteroatoms. The Morgan fingerprint density at radius 3 is 2.00 bits per heavy atom. The van der Waals surface area contributed by atoms with Crippen molar-refractivity contribution in [1.29, 1.82) is 0 Å². The average Bonchev–Trinajstić information content (AvgIpc) is 2.83. The summed E-state index contributed by atoms with van der Waals surface area (Å²) in [6.45, 7) is 2.15. The molecule has 0 fully saturated rings. The van der Waals surface area contributed by atoms with E-state index in [9.17, 15) is 0 Å². The van der Waals surface area contributed by atoms with Gasteiger partial charge in [-0.2, -0.15) is 0 Å². The van der Waals surface area contributed by atoms with E-state index in [2.05, 4.69) is 72.4 Å². The molecule has 18 heavy (non-hydrogen) atoms. The first-order valence-corrected chi connectivity index (χ1v) is 6.14. The van der Waals surface area contributed by atoms with Crippen molar-refractivity contribution < 1.29 is 0 Å². The van der Waals surface area contributed by atoms with Crippen molar-refractivity contribution in [3.8, 4) is 16.8 Å². The van der Waals surface area contributed by atoms with E-state index in [0.717, 1.165) is 0 Å². The lowest BCUT2D eigenvalue weighted by molar-refractivity contribution is 1.08. The van der Waals surface area contributed by atoms with Crippen LogP contribution in [-0.2, 0) is 0 Å². The molecule has 0 saturated heterocycles. The van der Waals surface area contributed by atoms with E-state index in [1.165, 1.54) is 22.4 Å². The number of hydrogen-bond acceptors (Lipinski definition) is 0. The molecule has 0 unspecified atom stereocenters. The van der Waals surface area contributed by atoms with Gasteiger partial charge in [-0.3, -0.25) is 0 Å². The summed E-state index contributed by atoms with van der Waals surface area (Å²) in [7, 11) is 0. The Morgan fingerprint density at radius 1 is 0.722 bits per heavy atom. The summed E-state index contributed by atoms with van der Waals surface area (Å²) in [5.74, 6) is 0. The van der Waals surface area contributed by atoms with Crippen LogP contribution in [0.4, 0.5) is 0 Å².